The van der Waals surface area contributed by atoms with Gasteiger partial charge in [0.05, 0.1) is 5.75 Å². The van der Waals surface area contributed by atoms with E-state index in [0.717, 1.165) is 10.9 Å². The molecule has 0 bridgehead atoms. The van der Waals surface area contributed by atoms with Crippen molar-refractivity contribution in [2.45, 2.75) is 12.3 Å². The lowest BCUT2D eigenvalue weighted by atomic mass is 10.1. The summed E-state index contributed by atoms with van der Waals surface area (Å²) in [5.41, 5.74) is 1.61. The number of hydrogen-bond donors (Lipinski definition) is 1. The van der Waals surface area contributed by atoms with Gasteiger partial charge in [-0.3, -0.25) is 4.79 Å². The van der Waals surface area contributed by atoms with Crippen molar-refractivity contribution in [3.63, 3.8) is 0 Å². The lowest BCUT2D eigenvalue weighted by molar-refractivity contribution is -0.118. The fraction of sp³-hybridized carbons (Fsp3) is 0.150. The molecule has 0 spiro atoms. The maximum atomic E-state index is 13.7. The minimum absolute atomic E-state index is 0.0625. The predicted octanol–water partition coefficient (Wildman–Crippen LogP) is 5.18. The number of nitrogens with one attached hydrogen (secondary N) is 1. The highest BCUT2D eigenvalue weighted by Crippen LogP contribution is 2.19. The number of rotatable bonds is 6. The number of hydrogen-bond acceptors (Lipinski definition) is 2. The smallest absolute Gasteiger partial charge is 0.230 e. The number of carbonyl (C=O) groups is 1. The molecule has 128 valence electrons. The molecule has 3 aromatic rings. The molecule has 0 fully saturated rings. The van der Waals surface area contributed by atoms with E-state index in [-0.39, 0.29) is 17.5 Å². The third-order valence-electron chi connectivity index (χ3n) is 3.81. The van der Waals surface area contributed by atoms with Crippen molar-refractivity contribution < 1.29 is 9.18 Å². The highest BCUT2D eigenvalue weighted by atomic mass is 35.5. The Morgan fingerprint density at radius 2 is 1.84 bits per heavy atom. The molecule has 0 saturated heterocycles. The van der Waals surface area contributed by atoms with Crippen molar-refractivity contribution in [2.75, 3.05) is 5.75 Å². The van der Waals surface area contributed by atoms with Gasteiger partial charge in [-0.15, -0.1) is 11.8 Å². The van der Waals surface area contributed by atoms with Crippen LogP contribution in [-0.4, -0.2) is 11.7 Å². The molecule has 0 saturated carbocycles. The van der Waals surface area contributed by atoms with Crippen LogP contribution in [0.1, 0.15) is 11.1 Å². The Hall–Kier alpha value is -2.04. The van der Waals surface area contributed by atoms with Crippen LogP contribution in [-0.2, 0) is 17.1 Å². The van der Waals surface area contributed by atoms with Gasteiger partial charge in [0.1, 0.15) is 5.82 Å². The molecule has 0 atom stereocenters. The Bertz CT molecular complexity index is 900. The van der Waals surface area contributed by atoms with Gasteiger partial charge in [0.2, 0.25) is 5.91 Å². The first-order valence-electron chi connectivity index (χ1n) is 7.88. The number of carbonyl (C=O) groups excluding carboxylic acids is 1. The van der Waals surface area contributed by atoms with Gasteiger partial charge in [0.15, 0.2) is 0 Å². The lowest BCUT2D eigenvalue weighted by Gasteiger charge is -2.07. The van der Waals surface area contributed by atoms with Crippen LogP contribution in [0.4, 0.5) is 4.39 Å². The van der Waals surface area contributed by atoms with Gasteiger partial charge in [0.25, 0.3) is 0 Å². The topological polar surface area (TPSA) is 29.1 Å². The molecule has 2 nitrogen and oxygen atoms in total. The van der Waals surface area contributed by atoms with Crippen LogP contribution in [0.5, 0.6) is 0 Å². The molecule has 3 rings (SSSR count). The Morgan fingerprint density at radius 3 is 2.64 bits per heavy atom. The number of thioether (sulfide) groups is 1. The summed E-state index contributed by atoms with van der Waals surface area (Å²) in [6.07, 6.45) is 0. The molecule has 0 aromatic heterocycles. The van der Waals surface area contributed by atoms with E-state index >= 15 is 0 Å². The van der Waals surface area contributed by atoms with Crippen LogP contribution in [0, 0.1) is 5.82 Å². The zero-order chi connectivity index (χ0) is 17.6. The van der Waals surface area contributed by atoms with Crippen molar-refractivity contribution in [1.29, 1.82) is 0 Å². The largest absolute Gasteiger partial charge is 0.351 e. The second kappa shape index (κ2) is 8.37. The Morgan fingerprint density at radius 1 is 1.04 bits per heavy atom. The second-order valence-electron chi connectivity index (χ2n) is 5.69. The van der Waals surface area contributed by atoms with Gasteiger partial charge >= 0.3 is 0 Å². The van der Waals surface area contributed by atoms with Crippen molar-refractivity contribution in [3.05, 3.63) is 82.6 Å². The van der Waals surface area contributed by atoms with Gasteiger partial charge in [-0.2, -0.15) is 0 Å². The van der Waals surface area contributed by atoms with E-state index in [1.165, 1.54) is 23.2 Å². The summed E-state index contributed by atoms with van der Waals surface area (Å²) in [6, 6.07) is 18.8. The number of fused-ring (bicyclic) bond motifs is 1. The van der Waals surface area contributed by atoms with Crippen molar-refractivity contribution in [3.8, 4) is 0 Å². The summed E-state index contributed by atoms with van der Waals surface area (Å²) < 4.78 is 13.7. The first kappa shape index (κ1) is 17.8. The zero-order valence-electron chi connectivity index (χ0n) is 13.5. The molecule has 0 radical (unpaired) electrons. The Labute approximate surface area is 155 Å². The van der Waals surface area contributed by atoms with E-state index in [1.807, 2.05) is 18.2 Å². The fourth-order valence-corrected chi connectivity index (χ4v) is 3.50. The maximum absolute atomic E-state index is 13.7. The minimum atomic E-state index is -0.337. The van der Waals surface area contributed by atoms with Crippen molar-refractivity contribution in [2.24, 2.45) is 0 Å². The van der Waals surface area contributed by atoms with E-state index < -0.39 is 0 Å². The third-order valence-corrected chi connectivity index (χ3v) is 5.03. The fourth-order valence-electron chi connectivity index (χ4n) is 2.49. The molecule has 0 heterocycles. The van der Waals surface area contributed by atoms with E-state index in [4.69, 9.17) is 11.6 Å². The van der Waals surface area contributed by atoms with Gasteiger partial charge in [-0.1, -0.05) is 54.1 Å². The number of amides is 1. The summed E-state index contributed by atoms with van der Waals surface area (Å²) in [5, 5.41) is 5.61. The molecule has 5 heteroatoms. The van der Waals surface area contributed by atoms with Crippen LogP contribution in [0.15, 0.2) is 60.7 Å². The highest BCUT2D eigenvalue weighted by Gasteiger charge is 2.06. The first-order chi connectivity index (χ1) is 12.1. The third kappa shape index (κ3) is 4.97. The molecule has 0 aliphatic rings. The average Bonchev–Trinajstić information content (AvgIpc) is 2.61. The number of halogens is 2. The van der Waals surface area contributed by atoms with Crippen LogP contribution < -0.4 is 5.32 Å². The zero-order valence-corrected chi connectivity index (χ0v) is 15.0. The quantitative estimate of drug-likeness (QED) is 0.644. The van der Waals surface area contributed by atoms with E-state index in [0.29, 0.717) is 22.9 Å². The molecule has 3 aromatic carbocycles. The van der Waals surface area contributed by atoms with Gasteiger partial charge in [-0.25, -0.2) is 4.39 Å². The molecular weight excluding hydrogens is 357 g/mol. The molecule has 0 aliphatic heterocycles. The SMILES string of the molecule is O=C(CSCc1ccc(Cl)cc1F)NCc1ccc2ccccc2c1. The second-order valence-corrected chi connectivity index (χ2v) is 7.11. The normalized spacial score (nSPS) is 10.8. The molecule has 25 heavy (non-hydrogen) atoms. The van der Waals surface area contributed by atoms with E-state index in [2.05, 4.69) is 29.6 Å². The summed E-state index contributed by atoms with van der Waals surface area (Å²) in [7, 11) is 0. The molecule has 0 unspecified atom stereocenters. The van der Waals surface area contributed by atoms with Gasteiger partial charge < -0.3 is 5.32 Å². The van der Waals surface area contributed by atoms with Gasteiger partial charge in [0, 0.05) is 17.3 Å². The van der Waals surface area contributed by atoms with Crippen LogP contribution in [0.3, 0.4) is 0 Å². The summed E-state index contributed by atoms with van der Waals surface area (Å²) >= 11 is 7.10. The van der Waals surface area contributed by atoms with Crippen LogP contribution in [0.25, 0.3) is 10.8 Å². The maximum Gasteiger partial charge on any atom is 0.230 e. The standard InChI is InChI=1S/C20H17ClFNOS/c21-18-8-7-17(19(22)10-18)12-25-13-20(24)23-11-14-5-6-15-3-1-2-4-16(15)9-14/h1-10H,11-13H2,(H,23,24). The van der Waals surface area contributed by atoms with Crippen LogP contribution in [0.2, 0.25) is 5.02 Å². The first-order valence-corrected chi connectivity index (χ1v) is 9.41. The molecule has 1 amide bonds. The number of benzene rings is 3. The van der Waals surface area contributed by atoms with E-state index in [9.17, 15) is 9.18 Å². The monoisotopic (exact) mass is 373 g/mol. The van der Waals surface area contributed by atoms with Crippen LogP contribution >= 0.6 is 23.4 Å². The molecule has 0 aliphatic carbocycles. The van der Waals surface area contributed by atoms with Crippen molar-refractivity contribution in [1.82, 2.24) is 5.32 Å². The lowest BCUT2D eigenvalue weighted by Crippen LogP contribution is -2.24. The Balaban J connectivity index is 1.47. The highest BCUT2D eigenvalue weighted by molar-refractivity contribution is 7.99. The van der Waals surface area contributed by atoms with Crippen molar-refractivity contribution >= 4 is 40.0 Å². The minimum Gasteiger partial charge on any atom is -0.351 e. The summed E-state index contributed by atoms with van der Waals surface area (Å²) in [4.78, 5) is 12.0. The molecule has 1 N–H and O–H groups in total. The molecular formula is C20H17ClFNOS. The Kier molecular flexibility index (Phi) is 5.95. The van der Waals surface area contributed by atoms with E-state index in [1.54, 1.807) is 12.1 Å². The summed E-state index contributed by atoms with van der Waals surface area (Å²) in [5.74, 6) is 0.325. The van der Waals surface area contributed by atoms with Gasteiger partial charge in [-0.05, 0) is 40.1 Å². The predicted molar refractivity (Wildman–Crippen MR) is 103 cm³/mol. The average molecular weight is 374 g/mol. The summed E-state index contributed by atoms with van der Waals surface area (Å²) in [6.45, 7) is 0.486.